The summed E-state index contributed by atoms with van der Waals surface area (Å²) in [7, 11) is -3.18. The Morgan fingerprint density at radius 3 is 2.48 bits per heavy atom. The molecule has 0 radical (unpaired) electrons. The molecule has 1 heterocycles. The number of carboxylic acid groups (broad SMARTS) is 1. The minimum atomic E-state index is -4.30. The van der Waals surface area contributed by atoms with E-state index in [4.69, 9.17) is 4.42 Å². The van der Waals surface area contributed by atoms with Gasteiger partial charge in [-0.15, -0.1) is 0 Å². The fourth-order valence-corrected chi connectivity index (χ4v) is 3.79. The van der Waals surface area contributed by atoms with E-state index in [1.165, 1.54) is 20.8 Å². The molecule has 0 aliphatic heterocycles. The summed E-state index contributed by atoms with van der Waals surface area (Å²) < 4.78 is 35.9. The van der Waals surface area contributed by atoms with Crippen LogP contribution in [-0.2, 0) is 24.3 Å². The van der Waals surface area contributed by atoms with E-state index in [-0.39, 0.29) is 35.4 Å². The van der Waals surface area contributed by atoms with Crippen molar-refractivity contribution in [3.63, 3.8) is 0 Å². The van der Waals surface area contributed by atoms with Crippen LogP contribution in [0.1, 0.15) is 30.2 Å². The van der Waals surface area contributed by atoms with Crippen LogP contribution in [0.3, 0.4) is 0 Å². The van der Waals surface area contributed by atoms with E-state index in [0.29, 0.717) is 4.31 Å². The SMILES string of the molecule is COC(=O)c1cc(S(=O)(=O)N(CCNC(C)=O)C(C)C(=O)O)c(C)o1. The van der Waals surface area contributed by atoms with E-state index >= 15 is 0 Å². The lowest BCUT2D eigenvalue weighted by Crippen LogP contribution is -2.46. The Bertz CT molecular complexity index is 768. The summed E-state index contributed by atoms with van der Waals surface area (Å²) in [5.41, 5.74) is 0. The standard InChI is InChI=1S/C14H20N2O8S/c1-8(13(18)19)16(6-5-15-10(3)17)25(21,22)12-7-11(14(20)23-4)24-9(12)2/h7-8H,5-6H2,1-4H3,(H,15,17)(H,18,19). The number of rotatable bonds is 8. The molecule has 1 amide bonds. The van der Waals surface area contributed by atoms with Gasteiger partial charge in [-0.25, -0.2) is 13.2 Å². The van der Waals surface area contributed by atoms with Crippen molar-refractivity contribution in [2.24, 2.45) is 0 Å². The number of nitrogens with one attached hydrogen (secondary N) is 1. The van der Waals surface area contributed by atoms with Crippen molar-refractivity contribution in [2.45, 2.75) is 31.7 Å². The van der Waals surface area contributed by atoms with Gasteiger partial charge in [0.1, 0.15) is 16.7 Å². The molecule has 140 valence electrons. The van der Waals surface area contributed by atoms with Crippen molar-refractivity contribution in [1.29, 1.82) is 0 Å². The van der Waals surface area contributed by atoms with E-state index in [2.05, 4.69) is 10.1 Å². The number of aliphatic carboxylic acids is 1. The molecule has 1 rings (SSSR count). The van der Waals surface area contributed by atoms with Crippen LogP contribution >= 0.6 is 0 Å². The van der Waals surface area contributed by atoms with Crippen molar-refractivity contribution < 1.29 is 37.1 Å². The van der Waals surface area contributed by atoms with E-state index in [1.54, 1.807) is 0 Å². The maximum Gasteiger partial charge on any atom is 0.373 e. The molecule has 25 heavy (non-hydrogen) atoms. The molecule has 0 aliphatic carbocycles. The van der Waals surface area contributed by atoms with Crippen molar-refractivity contribution in [2.75, 3.05) is 20.2 Å². The Labute approximate surface area is 144 Å². The van der Waals surface area contributed by atoms with Crippen LogP contribution in [0.25, 0.3) is 0 Å². The van der Waals surface area contributed by atoms with Crippen molar-refractivity contribution >= 4 is 27.9 Å². The minimum Gasteiger partial charge on any atom is -0.480 e. The second-order valence-corrected chi connectivity index (χ2v) is 6.99. The number of nitrogens with zero attached hydrogens (tertiary/aromatic N) is 1. The fourth-order valence-electron chi connectivity index (χ4n) is 2.04. The molecule has 1 aromatic rings. The summed E-state index contributed by atoms with van der Waals surface area (Å²) >= 11 is 0. The molecule has 0 spiro atoms. The zero-order valence-corrected chi connectivity index (χ0v) is 15.0. The lowest BCUT2D eigenvalue weighted by molar-refractivity contribution is -0.140. The molecule has 2 N–H and O–H groups in total. The highest BCUT2D eigenvalue weighted by atomic mass is 32.2. The molecule has 0 aliphatic rings. The van der Waals surface area contributed by atoms with E-state index in [1.807, 2.05) is 0 Å². The second kappa shape index (κ2) is 8.12. The molecule has 0 aromatic carbocycles. The van der Waals surface area contributed by atoms with Gasteiger partial charge in [0, 0.05) is 26.1 Å². The summed E-state index contributed by atoms with van der Waals surface area (Å²) in [6.45, 7) is 3.43. The van der Waals surface area contributed by atoms with Gasteiger partial charge in [-0.3, -0.25) is 9.59 Å². The third-order valence-corrected chi connectivity index (χ3v) is 5.42. The van der Waals surface area contributed by atoms with Gasteiger partial charge in [-0.05, 0) is 13.8 Å². The summed E-state index contributed by atoms with van der Waals surface area (Å²) in [6.07, 6.45) is 0. The number of aryl methyl sites for hydroxylation is 1. The highest BCUT2D eigenvalue weighted by molar-refractivity contribution is 7.89. The lowest BCUT2D eigenvalue weighted by Gasteiger charge is -2.25. The van der Waals surface area contributed by atoms with Crippen molar-refractivity contribution in [3.05, 3.63) is 17.6 Å². The molecule has 10 nitrogen and oxygen atoms in total. The largest absolute Gasteiger partial charge is 0.480 e. The van der Waals surface area contributed by atoms with E-state index < -0.39 is 28.0 Å². The third kappa shape index (κ3) is 4.79. The van der Waals surface area contributed by atoms with Gasteiger partial charge in [0.05, 0.1) is 7.11 Å². The third-order valence-electron chi connectivity index (χ3n) is 3.34. The number of hydrogen-bond donors (Lipinski definition) is 2. The zero-order valence-electron chi connectivity index (χ0n) is 14.2. The smallest absolute Gasteiger partial charge is 0.373 e. The Kier molecular flexibility index (Phi) is 6.70. The quantitative estimate of drug-likeness (QED) is 0.602. The van der Waals surface area contributed by atoms with Crippen molar-refractivity contribution in [3.8, 4) is 0 Å². The molecule has 0 saturated carbocycles. The van der Waals surface area contributed by atoms with Gasteiger partial charge in [-0.2, -0.15) is 4.31 Å². The molecule has 11 heteroatoms. The summed E-state index contributed by atoms with van der Waals surface area (Å²) in [6, 6.07) is -0.411. The lowest BCUT2D eigenvalue weighted by atomic mass is 10.3. The monoisotopic (exact) mass is 376 g/mol. The maximum atomic E-state index is 12.8. The maximum absolute atomic E-state index is 12.8. The number of amides is 1. The van der Waals surface area contributed by atoms with Gasteiger partial charge in [0.2, 0.25) is 21.7 Å². The topological polar surface area (TPSA) is 143 Å². The first-order valence-electron chi connectivity index (χ1n) is 7.20. The van der Waals surface area contributed by atoms with Crippen LogP contribution in [0.4, 0.5) is 0 Å². The van der Waals surface area contributed by atoms with Gasteiger partial charge in [-0.1, -0.05) is 0 Å². The summed E-state index contributed by atoms with van der Waals surface area (Å²) in [4.78, 5) is 33.4. The van der Waals surface area contributed by atoms with Crippen LogP contribution in [0.2, 0.25) is 0 Å². The molecular formula is C14H20N2O8S. The van der Waals surface area contributed by atoms with Gasteiger partial charge in [0.25, 0.3) is 0 Å². The Balaban J connectivity index is 3.26. The summed E-state index contributed by atoms with van der Waals surface area (Å²) in [5, 5.41) is 11.6. The van der Waals surface area contributed by atoms with Crippen LogP contribution in [-0.4, -0.2) is 61.9 Å². The fraction of sp³-hybridized carbons (Fsp3) is 0.500. The number of furan rings is 1. The number of ether oxygens (including phenoxy) is 1. The first-order chi connectivity index (χ1) is 11.5. The Hall–Kier alpha value is -2.40. The number of methoxy groups -OCH3 is 1. The highest BCUT2D eigenvalue weighted by Crippen LogP contribution is 2.25. The molecule has 0 saturated heterocycles. The number of carbonyl (C=O) groups is 3. The minimum absolute atomic E-state index is 0.0764. The molecule has 0 bridgehead atoms. The first kappa shape index (κ1) is 20.6. The number of sulfonamides is 1. The van der Waals surface area contributed by atoms with Gasteiger partial charge in [0.15, 0.2) is 0 Å². The number of carboxylic acids is 1. The van der Waals surface area contributed by atoms with Gasteiger partial charge >= 0.3 is 11.9 Å². The Morgan fingerprint density at radius 1 is 1.40 bits per heavy atom. The Morgan fingerprint density at radius 2 is 2.00 bits per heavy atom. The molecule has 1 unspecified atom stereocenters. The van der Waals surface area contributed by atoms with Crippen LogP contribution < -0.4 is 5.32 Å². The normalized spacial score (nSPS) is 12.7. The molecule has 1 atom stereocenters. The predicted molar refractivity (Wildman–Crippen MR) is 84.5 cm³/mol. The number of hydrogen-bond acceptors (Lipinski definition) is 7. The first-order valence-corrected chi connectivity index (χ1v) is 8.64. The van der Waals surface area contributed by atoms with E-state index in [9.17, 15) is 27.9 Å². The van der Waals surface area contributed by atoms with E-state index in [0.717, 1.165) is 13.2 Å². The molecule has 0 fully saturated rings. The van der Waals surface area contributed by atoms with Crippen molar-refractivity contribution in [1.82, 2.24) is 9.62 Å². The average molecular weight is 376 g/mol. The van der Waals surface area contributed by atoms with Crippen LogP contribution in [0.15, 0.2) is 15.4 Å². The zero-order chi connectivity index (χ0) is 19.4. The molecular weight excluding hydrogens is 356 g/mol. The summed E-state index contributed by atoms with van der Waals surface area (Å²) in [5.74, 6) is -3.00. The molecule has 1 aromatic heterocycles. The van der Waals surface area contributed by atoms with Gasteiger partial charge < -0.3 is 19.6 Å². The van der Waals surface area contributed by atoms with Crippen LogP contribution in [0, 0.1) is 6.92 Å². The number of esters is 1. The second-order valence-electron chi connectivity index (χ2n) is 5.14. The van der Waals surface area contributed by atoms with Crippen LogP contribution in [0.5, 0.6) is 0 Å². The number of carbonyl (C=O) groups excluding carboxylic acids is 2. The average Bonchev–Trinajstić information content (AvgIpc) is 2.92. The predicted octanol–water partition coefficient (Wildman–Crippen LogP) is -0.0255. The highest BCUT2D eigenvalue weighted by Gasteiger charge is 2.36.